The molecule has 5 nitrogen and oxygen atoms in total. The van der Waals surface area contributed by atoms with Gasteiger partial charge in [0.15, 0.2) is 6.10 Å². The van der Waals surface area contributed by atoms with Crippen LogP contribution in [0.1, 0.15) is 6.92 Å². The van der Waals surface area contributed by atoms with Gasteiger partial charge in [-0.15, -0.1) is 0 Å². The Kier molecular flexibility index (Phi) is 5.14. The second-order valence-corrected chi connectivity index (χ2v) is 4.69. The highest BCUT2D eigenvalue weighted by Gasteiger charge is 2.18. The zero-order valence-electron chi connectivity index (χ0n) is 12.5. The fourth-order valence-corrected chi connectivity index (χ4v) is 1.95. The first kappa shape index (κ1) is 15.6. The predicted molar refractivity (Wildman–Crippen MR) is 84.6 cm³/mol. The highest BCUT2D eigenvalue weighted by Crippen LogP contribution is 2.30. The van der Waals surface area contributed by atoms with Crippen molar-refractivity contribution in [1.82, 2.24) is 10.6 Å². The van der Waals surface area contributed by atoms with Crippen LogP contribution in [0.2, 0.25) is 0 Å². The molecule has 0 heterocycles. The van der Waals surface area contributed by atoms with E-state index in [0.29, 0.717) is 5.75 Å². The van der Waals surface area contributed by atoms with Gasteiger partial charge in [0.1, 0.15) is 5.75 Å². The lowest BCUT2D eigenvalue weighted by Gasteiger charge is -2.17. The highest BCUT2D eigenvalue weighted by atomic mass is 16.5. The van der Waals surface area contributed by atoms with Gasteiger partial charge in [0, 0.05) is 12.6 Å². The Morgan fingerprint density at radius 1 is 1.00 bits per heavy atom. The molecule has 22 heavy (non-hydrogen) atoms. The van der Waals surface area contributed by atoms with Crippen LogP contribution in [0.25, 0.3) is 11.1 Å². The van der Waals surface area contributed by atoms with Crippen LogP contribution in [-0.2, 0) is 4.79 Å². The van der Waals surface area contributed by atoms with E-state index >= 15 is 0 Å². The zero-order valence-corrected chi connectivity index (χ0v) is 12.5. The molecule has 114 valence electrons. The van der Waals surface area contributed by atoms with Crippen molar-refractivity contribution in [3.05, 3.63) is 54.6 Å². The second kappa shape index (κ2) is 7.26. The minimum atomic E-state index is -0.790. The molecule has 0 fully saturated rings. The largest absolute Gasteiger partial charge is 0.480 e. The number of para-hydroxylation sites is 1. The number of rotatable bonds is 4. The Morgan fingerprint density at radius 3 is 2.32 bits per heavy atom. The molecule has 0 saturated heterocycles. The van der Waals surface area contributed by atoms with Crippen LogP contribution in [0, 0.1) is 0 Å². The van der Waals surface area contributed by atoms with Gasteiger partial charge in [-0.3, -0.25) is 10.1 Å². The molecule has 2 rings (SSSR count). The Hall–Kier alpha value is -2.82. The number of amides is 3. The topological polar surface area (TPSA) is 67.4 Å². The van der Waals surface area contributed by atoms with Crippen LogP contribution in [0.4, 0.5) is 4.79 Å². The summed E-state index contributed by atoms with van der Waals surface area (Å²) < 4.78 is 5.72. The molecule has 0 aromatic heterocycles. The summed E-state index contributed by atoms with van der Waals surface area (Å²) in [5.74, 6) is 0.0930. The van der Waals surface area contributed by atoms with Gasteiger partial charge in [0.25, 0.3) is 5.91 Å². The lowest BCUT2D eigenvalue weighted by Crippen LogP contribution is -2.44. The molecule has 0 saturated carbocycles. The molecule has 0 spiro atoms. The number of carbonyl (C=O) groups excluding carboxylic acids is 2. The van der Waals surface area contributed by atoms with Crippen LogP contribution in [0.15, 0.2) is 54.6 Å². The summed E-state index contributed by atoms with van der Waals surface area (Å²) in [6, 6.07) is 16.7. The molecule has 2 N–H and O–H groups in total. The molecular formula is C17H18N2O3. The minimum Gasteiger partial charge on any atom is -0.480 e. The van der Waals surface area contributed by atoms with Gasteiger partial charge in [-0.2, -0.15) is 0 Å². The summed E-state index contributed by atoms with van der Waals surface area (Å²) >= 11 is 0. The van der Waals surface area contributed by atoms with Crippen LogP contribution >= 0.6 is 0 Å². The summed E-state index contributed by atoms with van der Waals surface area (Å²) in [4.78, 5) is 23.0. The molecule has 0 bridgehead atoms. The van der Waals surface area contributed by atoms with Crippen LogP contribution in [-0.4, -0.2) is 25.1 Å². The molecule has 0 aliphatic carbocycles. The van der Waals surface area contributed by atoms with E-state index in [0.717, 1.165) is 11.1 Å². The third kappa shape index (κ3) is 3.85. The average Bonchev–Trinajstić information content (AvgIpc) is 2.56. The molecule has 2 aromatic carbocycles. The molecule has 3 amide bonds. The third-order valence-corrected chi connectivity index (χ3v) is 3.11. The van der Waals surface area contributed by atoms with Crippen molar-refractivity contribution in [1.29, 1.82) is 0 Å². The van der Waals surface area contributed by atoms with Crippen molar-refractivity contribution >= 4 is 11.9 Å². The van der Waals surface area contributed by atoms with Crippen LogP contribution < -0.4 is 15.4 Å². The Labute approximate surface area is 129 Å². The van der Waals surface area contributed by atoms with Crippen molar-refractivity contribution < 1.29 is 14.3 Å². The third-order valence-electron chi connectivity index (χ3n) is 3.11. The fraction of sp³-hybridized carbons (Fsp3) is 0.176. The second-order valence-electron chi connectivity index (χ2n) is 4.69. The number of benzene rings is 2. The van der Waals surface area contributed by atoms with Crippen LogP contribution in [0.3, 0.4) is 0 Å². The number of imide groups is 1. The van der Waals surface area contributed by atoms with Gasteiger partial charge in [-0.05, 0) is 18.6 Å². The molecule has 0 radical (unpaired) electrons. The molecule has 1 atom stereocenters. The van der Waals surface area contributed by atoms with Crippen LogP contribution in [0.5, 0.6) is 5.75 Å². The van der Waals surface area contributed by atoms with E-state index in [1.807, 2.05) is 48.5 Å². The number of ether oxygens (including phenoxy) is 1. The first-order valence-corrected chi connectivity index (χ1v) is 6.95. The van der Waals surface area contributed by atoms with E-state index in [1.54, 1.807) is 13.0 Å². The van der Waals surface area contributed by atoms with Crippen molar-refractivity contribution in [2.75, 3.05) is 7.05 Å². The Bertz CT molecular complexity index is 656. The number of urea groups is 1. The van der Waals surface area contributed by atoms with Gasteiger partial charge in [-0.1, -0.05) is 48.5 Å². The first-order valence-electron chi connectivity index (χ1n) is 6.95. The SMILES string of the molecule is CNC(=O)NC(=O)C(C)Oc1ccccc1-c1ccccc1. The van der Waals surface area contributed by atoms with E-state index in [9.17, 15) is 9.59 Å². The van der Waals surface area contributed by atoms with E-state index in [2.05, 4.69) is 10.6 Å². The lowest BCUT2D eigenvalue weighted by molar-refractivity contribution is -0.126. The van der Waals surface area contributed by atoms with E-state index in [1.165, 1.54) is 7.05 Å². The predicted octanol–water partition coefficient (Wildman–Crippen LogP) is 2.58. The van der Waals surface area contributed by atoms with E-state index in [4.69, 9.17) is 4.74 Å². The van der Waals surface area contributed by atoms with Crippen molar-refractivity contribution in [3.63, 3.8) is 0 Å². The summed E-state index contributed by atoms with van der Waals surface area (Å²) in [6.45, 7) is 1.60. The summed E-state index contributed by atoms with van der Waals surface area (Å²) in [6.07, 6.45) is -0.790. The average molecular weight is 298 g/mol. The maximum atomic E-state index is 11.9. The van der Waals surface area contributed by atoms with E-state index < -0.39 is 18.0 Å². The standard InChI is InChI=1S/C17H18N2O3/c1-12(16(20)19-17(21)18-2)22-15-11-7-6-10-14(15)13-8-4-3-5-9-13/h3-12H,1-2H3,(H2,18,19,20,21). The smallest absolute Gasteiger partial charge is 0.321 e. The molecular weight excluding hydrogens is 280 g/mol. The lowest BCUT2D eigenvalue weighted by atomic mass is 10.0. The van der Waals surface area contributed by atoms with Gasteiger partial charge in [0.05, 0.1) is 0 Å². The van der Waals surface area contributed by atoms with Gasteiger partial charge >= 0.3 is 6.03 Å². The van der Waals surface area contributed by atoms with Crippen molar-refractivity contribution in [2.45, 2.75) is 13.0 Å². The number of hydrogen-bond acceptors (Lipinski definition) is 3. The molecule has 1 unspecified atom stereocenters. The summed E-state index contributed by atoms with van der Waals surface area (Å²) in [5.41, 5.74) is 1.89. The maximum Gasteiger partial charge on any atom is 0.321 e. The zero-order chi connectivity index (χ0) is 15.9. The van der Waals surface area contributed by atoms with Gasteiger partial charge in [-0.25, -0.2) is 4.79 Å². The monoisotopic (exact) mass is 298 g/mol. The fourth-order valence-electron chi connectivity index (χ4n) is 1.95. The van der Waals surface area contributed by atoms with Gasteiger partial charge in [0.2, 0.25) is 0 Å². The summed E-state index contributed by atoms with van der Waals surface area (Å²) in [7, 11) is 1.44. The maximum absolute atomic E-state index is 11.9. The van der Waals surface area contributed by atoms with E-state index in [-0.39, 0.29) is 0 Å². The minimum absolute atomic E-state index is 0.498. The number of hydrogen-bond donors (Lipinski definition) is 2. The van der Waals surface area contributed by atoms with Gasteiger partial charge < -0.3 is 10.1 Å². The number of carbonyl (C=O) groups is 2. The Balaban J connectivity index is 2.17. The highest BCUT2D eigenvalue weighted by molar-refractivity contribution is 5.96. The summed E-state index contributed by atoms with van der Waals surface area (Å²) in [5, 5.41) is 4.52. The van der Waals surface area contributed by atoms with Crippen molar-refractivity contribution in [2.24, 2.45) is 0 Å². The number of nitrogens with one attached hydrogen (secondary N) is 2. The van der Waals surface area contributed by atoms with Crippen molar-refractivity contribution in [3.8, 4) is 16.9 Å². The normalized spacial score (nSPS) is 11.4. The molecule has 2 aromatic rings. The molecule has 5 heteroatoms. The first-order chi connectivity index (χ1) is 10.6. The Morgan fingerprint density at radius 2 is 1.64 bits per heavy atom. The molecule has 0 aliphatic heterocycles. The molecule has 0 aliphatic rings. The quantitative estimate of drug-likeness (QED) is 0.911.